The number of aryl methyl sites for hydroxylation is 1. The van der Waals surface area contributed by atoms with Gasteiger partial charge >= 0.3 is 27.7 Å². The molecule has 2 rings (SSSR count). The molecule has 0 radical (unpaired) electrons. The van der Waals surface area contributed by atoms with Gasteiger partial charge in [0.25, 0.3) is 0 Å². The van der Waals surface area contributed by atoms with Crippen LogP contribution in [0.4, 0.5) is 26.3 Å². The van der Waals surface area contributed by atoms with E-state index < -0.39 is 60.7 Å². The van der Waals surface area contributed by atoms with Gasteiger partial charge in [0, 0.05) is 19.7 Å². The van der Waals surface area contributed by atoms with Gasteiger partial charge < -0.3 is 19.0 Å². The fourth-order valence-corrected chi connectivity index (χ4v) is 4.44. The molecule has 0 saturated carbocycles. The van der Waals surface area contributed by atoms with Crippen LogP contribution in [0.2, 0.25) is 0 Å². The van der Waals surface area contributed by atoms with Crippen LogP contribution in [0, 0.1) is 0 Å². The van der Waals surface area contributed by atoms with Gasteiger partial charge in [-0.1, -0.05) is 12.1 Å². The summed E-state index contributed by atoms with van der Waals surface area (Å²) in [5, 5.41) is 1.71. The fraction of sp³-hybridized carbons (Fsp3) is 0.350. The lowest BCUT2D eigenvalue weighted by Gasteiger charge is -2.15. The van der Waals surface area contributed by atoms with Crippen molar-refractivity contribution < 1.29 is 61.6 Å². The van der Waals surface area contributed by atoms with Crippen molar-refractivity contribution >= 4 is 25.9 Å². The molecule has 0 heterocycles. The van der Waals surface area contributed by atoms with E-state index in [0.29, 0.717) is 11.6 Å². The number of hydrogen-bond donors (Lipinski definition) is 1. The van der Waals surface area contributed by atoms with Gasteiger partial charge in [-0.25, -0.2) is 8.42 Å². The van der Waals surface area contributed by atoms with Crippen molar-refractivity contribution in [2.75, 3.05) is 20.4 Å². The second kappa shape index (κ2) is 11.6. The van der Waals surface area contributed by atoms with E-state index in [4.69, 9.17) is 4.74 Å². The molecule has 37 heavy (non-hydrogen) atoms. The zero-order chi connectivity index (χ0) is 28.1. The highest BCUT2D eigenvalue weighted by Crippen LogP contribution is 2.36. The molecule has 9 nitrogen and oxygen atoms in total. The molecule has 1 N–H and O–H groups in total. The van der Waals surface area contributed by atoms with E-state index in [1.807, 2.05) is 0 Å². The summed E-state index contributed by atoms with van der Waals surface area (Å²) >= 11 is 0. The average molecular weight is 579 g/mol. The predicted molar refractivity (Wildman–Crippen MR) is 114 cm³/mol. The second-order valence-corrected chi connectivity index (χ2v) is 10.6. The first kappa shape index (κ1) is 30.2. The number of nitrogens with one attached hydrogen (secondary N) is 1. The third-order valence-corrected chi connectivity index (χ3v) is 7.19. The lowest BCUT2D eigenvalue weighted by atomic mass is 10.1. The van der Waals surface area contributed by atoms with Crippen LogP contribution in [-0.4, -0.2) is 54.9 Å². The first-order chi connectivity index (χ1) is 17.0. The maximum atomic E-state index is 13.0. The molecule has 0 aliphatic carbocycles. The normalized spacial score (nSPS) is 12.7. The molecule has 0 aromatic heterocycles. The van der Waals surface area contributed by atoms with Crippen molar-refractivity contribution in [1.82, 2.24) is 5.32 Å². The summed E-state index contributed by atoms with van der Waals surface area (Å²) in [4.78, 5) is 10.0. The van der Waals surface area contributed by atoms with Crippen LogP contribution < -0.4 is 14.2 Å². The Morgan fingerprint density at radius 3 is 2.03 bits per heavy atom. The topological polar surface area (TPSA) is 125 Å². The van der Waals surface area contributed by atoms with E-state index in [0.717, 1.165) is 19.2 Å². The highest BCUT2D eigenvalue weighted by molar-refractivity contribution is 7.91. The van der Waals surface area contributed by atoms with Gasteiger partial charge in [0.2, 0.25) is 9.84 Å². The van der Waals surface area contributed by atoms with E-state index in [1.165, 1.54) is 24.3 Å². The number of rotatable bonds is 11. The number of halogens is 6. The third-order valence-electron chi connectivity index (χ3n) is 4.46. The largest absolute Gasteiger partial charge is 0.534 e. The summed E-state index contributed by atoms with van der Waals surface area (Å²) < 4.78 is 137. The Morgan fingerprint density at radius 1 is 0.892 bits per heavy atom. The third kappa shape index (κ3) is 7.96. The van der Waals surface area contributed by atoms with E-state index in [2.05, 4.69) is 8.92 Å². The van der Waals surface area contributed by atoms with Crippen molar-refractivity contribution in [2.24, 2.45) is 0 Å². The summed E-state index contributed by atoms with van der Waals surface area (Å²) in [7, 11) is -9.20. The van der Waals surface area contributed by atoms with Gasteiger partial charge in [0.1, 0.15) is 0 Å². The molecule has 0 bridgehead atoms. The number of alkyl halides is 6. The van der Waals surface area contributed by atoms with Crippen LogP contribution in [0.1, 0.15) is 12.0 Å². The first-order valence-corrected chi connectivity index (χ1v) is 12.8. The van der Waals surface area contributed by atoms with E-state index >= 15 is 0 Å². The monoisotopic (exact) mass is 579 g/mol. The summed E-state index contributed by atoms with van der Waals surface area (Å²) in [5.74, 6) is -3.66. The summed E-state index contributed by atoms with van der Waals surface area (Å²) in [6, 6.07) is 7.38. The van der Waals surface area contributed by atoms with Crippen LogP contribution >= 0.6 is 0 Å². The smallest absolute Gasteiger partial charge is 0.464 e. The number of sulfone groups is 1. The maximum Gasteiger partial charge on any atom is 0.534 e. The standard InChI is InChI=1S/C20H19F6NO8S2/c1-33-12-34-17-11-15(8-9-16(17)35-37(31,32)20(24,25)26)36(29,30)14-6-4-13(5-7-14)3-2-10-27-18(28)19(21,22)23/h4-9,11H,2-3,10,12H2,1H3,(H,27,28). The summed E-state index contributed by atoms with van der Waals surface area (Å²) in [5.41, 5.74) is -5.20. The highest BCUT2D eigenvalue weighted by atomic mass is 32.2. The minimum absolute atomic E-state index is 0.135. The van der Waals surface area contributed by atoms with Crippen LogP contribution in [-0.2, 0) is 35.9 Å². The number of ether oxygens (including phenoxy) is 2. The molecular weight excluding hydrogens is 560 g/mol. The molecule has 2 aromatic carbocycles. The SMILES string of the molecule is COCOc1cc(S(=O)(=O)c2ccc(CCCNC(=O)C(F)(F)F)cc2)ccc1OS(=O)(=O)C(F)(F)F. The second-order valence-electron chi connectivity index (χ2n) is 7.15. The van der Waals surface area contributed by atoms with Crippen molar-refractivity contribution in [1.29, 1.82) is 0 Å². The Hall–Kier alpha value is -3.05. The van der Waals surface area contributed by atoms with Crippen LogP contribution in [0.25, 0.3) is 0 Å². The first-order valence-electron chi connectivity index (χ1n) is 9.94. The molecule has 0 aliphatic rings. The summed E-state index contributed by atoms with van der Waals surface area (Å²) in [6.45, 7) is -0.842. The Labute approximate surface area is 207 Å². The number of methoxy groups -OCH3 is 1. The minimum Gasteiger partial charge on any atom is -0.464 e. The van der Waals surface area contributed by atoms with Gasteiger partial charge in [-0.2, -0.15) is 34.8 Å². The molecule has 0 spiro atoms. The summed E-state index contributed by atoms with van der Waals surface area (Å²) in [6.07, 6.45) is -4.65. The van der Waals surface area contributed by atoms with E-state index in [1.54, 1.807) is 5.32 Å². The number of carbonyl (C=O) groups excluding carboxylic acids is 1. The van der Waals surface area contributed by atoms with Crippen molar-refractivity contribution in [3.05, 3.63) is 48.0 Å². The van der Waals surface area contributed by atoms with Gasteiger partial charge in [-0.05, 0) is 42.7 Å². The Morgan fingerprint density at radius 2 is 1.49 bits per heavy atom. The highest BCUT2D eigenvalue weighted by Gasteiger charge is 2.49. The van der Waals surface area contributed by atoms with Gasteiger partial charge in [-0.15, -0.1) is 0 Å². The maximum absolute atomic E-state index is 13.0. The van der Waals surface area contributed by atoms with Gasteiger partial charge in [0.15, 0.2) is 18.3 Å². The van der Waals surface area contributed by atoms with Crippen molar-refractivity contribution in [3.63, 3.8) is 0 Å². The molecule has 17 heteroatoms. The van der Waals surface area contributed by atoms with Crippen LogP contribution in [0.5, 0.6) is 11.5 Å². The van der Waals surface area contributed by atoms with Crippen LogP contribution in [0.3, 0.4) is 0 Å². The number of amides is 1. The number of carbonyl (C=O) groups is 1. The lowest BCUT2D eigenvalue weighted by molar-refractivity contribution is -0.173. The molecule has 0 aliphatic heterocycles. The Kier molecular flexibility index (Phi) is 9.42. The number of hydrogen-bond acceptors (Lipinski definition) is 8. The number of benzene rings is 2. The molecule has 0 fully saturated rings. The molecule has 0 atom stereocenters. The zero-order valence-corrected chi connectivity index (χ0v) is 20.4. The van der Waals surface area contributed by atoms with Crippen LogP contribution in [0.15, 0.2) is 52.3 Å². The van der Waals surface area contributed by atoms with E-state index in [9.17, 15) is 48.0 Å². The minimum atomic E-state index is -6.07. The fourth-order valence-electron chi connectivity index (χ4n) is 2.69. The Bertz CT molecular complexity index is 1310. The van der Waals surface area contributed by atoms with Gasteiger partial charge in [-0.3, -0.25) is 4.79 Å². The molecule has 0 unspecified atom stereocenters. The Balaban J connectivity index is 2.21. The molecule has 206 valence electrons. The molecule has 2 aromatic rings. The zero-order valence-electron chi connectivity index (χ0n) is 18.7. The molecule has 0 saturated heterocycles. The average Bonchev–Trinajstić information content (AvgIpc) is 2.79. The lowest BCUT2D eigenvalue weighted by Crippen LogP contribution is -2.37. The predicted octanol–water partition coefficient (Wildman–Crippen LogP) is 3.34. The van der Waals surface area contributed by atoms with E-state index in [-0.39, 0.29) is 24.3 Å². The quantitative estimate of drug-likeness (QED) is 0.141. The van der Waals surface area contributed by atoms with Gasteiger partial charge in [0.05, 0.1) is 9.79 Å². The molecule has 1 amide bonds. The van der Waals surface area contributed by atoms with Crippen molar-refractivity contribution in [3.8, 4) is 11.5 Å². The molecular formula is C20H19F6NO8S2. The van der Waals surface area contributed by atoms with Crippen molar-refractivity contribution in [2.45, 2.75) is 34.3 Å².